The van der Waals surface area contributed by atoms with Crippen LogP contribution in [0.1, 0.15) is 21.6 Å². The number of benzene rings is 1. The molecule has 31 heavy (non-hydrogen) atoms. The lowest BCUT2D eigenvalue weighted by Gasteiger charge is -2.10. The zero-order valence-electron chi connectivity index (χ0n) is 17.1. The van der Waals surface area contributed by atoms with Crippen LogP contribution < -0.4 is 5.32 Å². The molecule has 0 unspecified atom stereocenters. The van der Waals surface area contributed by atoms with E-state index in [1.165, 1.54) is 0 Å². The molecule has 154 valence electrons. The normalized spacial score (nSPS) is 11.2. The molecule has 4 heterocycles. The summed E-state index contributed by atoms with van der Waals surface area (Å²) < 4.78 is 3.58. The number of aromatic nitrogens is 5. The van der Waals surface area contributed by atoms with Gasteiger partial charge in [0.25, 0.3) is 5.91 Å². The lowest BCUT2D eigenvalue weighted by molar-refractivity contribution is 0.102. The quantitative estimate of drug-likeness (QED) is 0.447. The lowest BCUT2D eigenvalue weighted by atomic mass is 10.1. The van der Waals surface area contributed by atoms with Crippen LogP contribution in [0.4, 0.5) is 5.69 Å². The fourth-order valence-electron chi connectivity index (χ4n) is 3.65. The van der Waals surface area contributed by atoms with Gasteiger partial charge in [-0.05, 0) is 48.2 Å². The van der Waals surface area contributed by atoms with E-state index in [0.717, 1.165) is 32.9 Å². The predicted molar refractivity (Wildman–Crippen MR) is 122 cm³/mol. The van der Waals surface area contributed by atoms with Crippen molar-refractivity contribution < 1.29 is 4.79 Å². The summed E-state index contributed by atoms with van der Waals surface area (Å²) in [6, 6.07) is 15.5. The van der Waals surface area contributed by atoms with Gasteiger partial charge in [0.1, 0.15) is 0 Å². The van der Waals surface area contributed by atoms with Crippen LogP contribution in [0.3, 0.4) is 0 Å². The molecule has 0 fully saturated rings. The van der Waals surface area contributed by atoms with Gasteiger partial charge in [-0.25, -0.2) is 4.98 Å². The summed E-state index contributed by atoms with van der Waals surface area (Å²) in [7, 11) is 1.85. The first-order valence-corrected chi connectivity index (χ1v) is 10.7. The van der Waals surface area contributed by atoms with Crippen LogP contribution in [-0.2, 0) is 13.6 Å². The Labute approximate surface area is 183 Å². The van der Waals surface area contributed by atoms with Crippen molar-refractivity contribution in [1.29, 1.82) is 0 Å². The molecule has 1 amide bonds. The van der Waals surface area contributed by atoms with Crippen LogP contribution in [0.25, 0.3) is 21.6 Å². The first-order valence-electron chi connectivity index (χ1n) is 9.84. The number of thiophene rings is 1. The Morgan fingerprint density at radius 2 is 2.00 bits per heavy atom. The third-order valence-electron chi connectivity index (χ3n) is 5.10. The largest absolute Gasteiger partial charge is 0.322 e. The number of rotatable bonds is 5. The second-order valence-corrected chi connectivity index (χ2v) is 8.24. The Morgan fingerprint density at radius 1 is 1.16 bits per heavy atom. The van der Waals surface area contributed by atoms with Crippen molar-refractivity contribution in [2.24, 2.45) is 7.05 Å². The van der Waals surface area contributed by atoms with Crippen LogP contribution in [-0.4, -0.2) is 30.5 Å². The standard InChI is InChI=1S/C23H20N6OS/c1-15-21-18(13-19(20-5-3-12-31-20)26-22(21)28(2)27-15)23(30)25-17-8-6-16(7-9-17)14-29-11-4-10-24-29/h3-13H,14H2,1-2H3,(H,25,30). The van der Waals surface area contributed by atoms with E-state index in [2.05, 4.69) is 15.5 Å². The number of hydrogen-bond donors (Lipinski definition) is 1. The first kappa shape index (κ1) is 19.2. The number of pyridine rings is 1. The van der Waals surface area contributed by atoms with Gasteiger partial charge >= 0.3 is 0 Å². The fourth-order valence-corrected chi connectivity index (χ4v) is 4.33. The van der Waals surface area contributed by atoms with Crippen LogP contribution in [0.15, 0.2) is 66.3 Å². The van der Waals surface area contributed by atoms with Crippen LogP contribution in [0.2, 0.25) is 0 Å². The molecule has 0 saturated heterocycles. The number of carbonyl (C=O) groups is 1. The molecular weight excluding hydrogens is 408 g/mol. The minimum Gasteiger partial charge on any atom is -0.322 e. The number of anilines is 1. The van der Waals surface area contributed by atoms with E-state index in [1.807, 2.05) is 78.8 Å². The SMILES string of the molecule is Cc1nn(C)c2nc(-c3cccs3)cc(C(=O)Nc3ccc(Cn4cccn4)cc3)c12. The van der Waals surface area contributed by atoms with Crippen LogP contribution in [0, 0.1) is 6.92 Å². The lowest BCUT2D eigenvalue weighted by Crippen LogP contribution is -2.13. The fraction of sp³-hybridized carbons (Fsp3) is 0.130. The Hall–Kier alpha value is -3.78. The predicted octanol–water partition coefficient (Wildman–Crippen LogP) is 4.50. The van der Waals surface area contributed by atoms with Crippen LogP contribution in [0.5, 0.6) is 0 Å². The molecular formula is C23H20N6OS. The van der Waals surface area contributed by atoms with Gasteiger partial charge in [0.05, 0.1) is 33.8 Å². The average Bonchev–Trinajstić information content (AvgIpc) is 3.52. The highest BCUT2D eigenvalue weighted by molar-refractivity contribution is 7.13. The molecule has 5 rings (SSSR count). The molecule has 0 aliphatic heterocycles. The molecule has 0 atom stereocenters. The highest BCUT2D eigenvalue weighted by Crippen LogP contribution is 2.29. The van der Waals surface area contributed by atoms with Gasteiger partial charge in [-0.15, -0.1) is 11.3 Å². The Balaban J connectivity index is 1.46. The molecule has 1 N–H and O–H groups in total. The monoisotopic (exact) mass is 428 g/mol. The molecule has 0 bridgehead atoms. The van der Waals surface area contributed by atoms with Crippen molar-refractivity contribution in [2.45, 2.75) is 13.5 Å². The number of nitrogens with one attached hydrogen (secondary N) is 1. The number of fused-ring (bicyclic) bond motifs is 1. The van der Waals surface area contributed by atoms with Crippen molar-refractivity contribution in [1.82, 2.24) is 24.5 Å². The number of aryl methyl sites for hydroxylation is 2. The number of nitrogens with zero attached hydrogens (tertiary/aromatic N) is 5. The second-order valence-electron chi connectivity index (χ2n) is 7.29. The third kappa shape index (κ3) is 3.73. The van der Waals surface area contributed by atoms with Crippen molar-refractivity contribution in [2.75, 3.05) is 5.32 Å². The minimum atomic E-state index is -0.180. The summed E-state index contributed by atoms with van der Waals surface area (Å²) >= 11 is 1.59. The molecule has 1 aromatic carbocycles. The molecule has 0 spiro atoms. The third-order valence-corrected chi connectivity index (χ3v) is 5.99. The van der Waals surface area contributed by atoms with E-state index in [-0.39, 0.29) is 5.91 Å². The Kier molecular flexibility index (Phi) is 4.83. The van der Waals surface area contributed by atoms with Gasteiger partial charge in [0.15, 0.2) is 5.65 Å². The van der Waals surface area contributed by atoms with Gasteiger partial charge in [-0.3, -0.25) is 14.2 Å². The molecule has 0 saturated carbocycles. The summed E-state index contributed by atoms with van der Waals surface area (Å²) in [4.78, 5) is 19.0. The van der Waals surface area contributed by atoms with E-state index in [4.69, 9.17) is 4.98 Å². The molecule has 4 aromatic heterocycles. The molecule has 5 aromatic rings. The van der Waals surface area contributed by atoms with E-state index in [1.54, 1.807) is 22.2 Å². The number of amides is 1. The maximum Gasteiger partial charge on any atom is 0.256 e. The van der Waals surface area contributed by atoms with Crippen molar-refractivity contribution in [3.8, 4) is 10.6 Å². The van der Waals surface area contributed by atoms with Crippen LogP contribution >= 0.6 is 11.3 Å². The molecule has 7 nitrogen and oxygen atoms in total. The zero-order chi connectivity index (χ0) is 21.4. The molecule has 0 radical (unpaired) electrons. The first-order chi connectivity index (χ1) is 15.1. The van der Waals surface area contributed by atoms with E-state index < -0.39 is 0 Å². The molecule has 0 aliphatic rings. The maximum absolute atomic E-state index is 13.3. The van der Waals surface area contributed by atoms with Gasteiger partial charge in [-0.1, -0.05) is 18.2 Å². The number of carbonyl (C=O) groups excluding carboxylic acids is 1. The van der Waals surface area contributed by atoms with Gasteiger partial charge in [-0.2, -0.15) is 10.2 Å². The van der Waals surface area contributed by atoms with Gasteiger partial charge < -0.3 is 5.32 Å². The number of hydrogen-bond acceptors (Lipinski definition) is 5. The molecule has 8 heteroatoms. The zero-order valence-corrected chi connectivity index (χ0v) is 17.9. The van der Waals surface area contributed by atoms with Crippen molar-refractivity contribution in [3.63, 3.8) is 0 Å². The van der Waals surface area contributed by atoms with E-state index >= 15 is 0 Å². The average molecular weight is 429 g/mol. The van der Waals surface area contributed by atoms with E-state index in [9.17, 15) is 4.79 Å². The topological polar surface area (TPSA) is 77.6 Å². The second kappa shape index (κ2) is 7.81. The summed E-state index contributed by atoms with van der Waals surface area (Å²) in [5.41, 5.74) is 4.66. The van der Waals surface area contributed by atoms with Crippen molar-refractivity contribution in [3.05, 3.63) is 83.1 Å². The highest BCUT2D eigenvalue weighted by Gasteiger charge is 2.19. The van der Waals surface area contributed by atoms with Crippen molar-refractivity contribution >= 4 is 34.0 Å². The van der Waals surface area contributed by atoms with E-state index in [0.29, 0.717) is 17.8 Å². The van der Waals surface area contributed by atoms with Gasteiger partial charge in [0, 0.05) is 25.1 Å². The molecule has 0 aliphatic carbocycles. The van der Waals surface area contributed by atoms with Gasteiger partial charge in [0.2, 0.25) is 0 Å². The minimum absolute atomic E-state index is 0.180. The summed E-state index contributed by atoms with van der Waals surface area (Å²) in [6.45, 7) is 2.58. The summed E-state index contributed by atoms with van der Waals surface area (Å²) in [6.07, 6.45) is 3.68. The highest BCUT2D eigenvalue weighted by atomic mass is 32.1. The Bertz CT molecular complexity index is 1350. The summed E-state index contributed by atoms with van der Waals surface area (Å²) in [5, 5.41) is 14.5. The Morgan fingerprint density at radius 3 is 2.71 bits per heavy atom. The summed E-state index contributed by atoms with van der Waals surface area (Å²) in [5.74, 6) is -0.180. The smallest absolute Gasteiger partial charge is 0.256 e. The maximum atomic E-state index is 13.3.